The topological polar surface area (TPSA) is 106 Å². The zero-order valence-electron chi connectivity index (χ0n) is 21.1. The highest BCUT2D eigenvalue weighted by atomic mass is 16.5. The SMILES string of the molecule is CCCOc1ccc(C2C(C(=O)c3ccc(C)o3)=C([O-])C(=O)N2CCC[NH+]2CCOCC2)cc1OC. The van der Waals surface area contributed by atoms with Crippen molar-refractivity contribution in [1.82, 2.24) is 4.90 Å². The van der Waals surface area contributed by atoms with Crippen LogP contribution in [0.5, 0.6) is 11.5 Å². The van der Waals surface area contributed by atoms with Crippen LogP contribution < -0.4 is 19.5 Å². The molecule has 1 aromatic heterocycles. The third kappa shape index (κ3) is 5.42. The molecule has 1 N–H and O–H groups in total. The third-order valence-electron chi connectivity index (χ3n) is 6.59. The van der Waals surface area contributed by atoms with Crippen molar-refractivity contribution in [3.05, 3.63) is 58.7 Å². The predicted molar refractivity (Wildman–Crippen MR) is 129 cm³/mol. The van der Waals surface area contributed by atoms with E-state index in [1.54, 1.807) is 31.2 Å². The van der Waals surface area contributed by atoms with Gasteiger partial charge in [-0.1, -0.05) is 13.0 Å². The number of hydrogen-bond donors (Lipinski definition) is 1. The highest BCUT2D eigenvalue weighted by Crippen LogP contribution is 2.41. The molecule has 1 unspecified atom stereocenters. The van der Waals surface area contributed by atoms with E-state index in [2.05, 4.69) is 0 Å². The lowest BCUT2D eigenvalue weighted by Gasteiger charge is -2.29. The van der Waals surface area contributed by atoms with Crippen LogP contribution in [0.15, 0.2) is 46.1 Å². The van der Waals surface area contributed by atoms with Gasteiger partial charge in [-0.05, 0) is 48.9 Å². The van der Waals surface area contributed by atoms with E-state index < -0.39 is 23.5 Å². The van der Waals surface area contributed by atoms with E-state index >= 15 is 0 Å². The van der Waals surface area contributed by atoms with Gasteiger partial charge in [0.2, 0.25) is 11.7 Å². The molecule has 0 spiro atoms. The molecule has 1 saturated heterocycles. The van der Waals surface area contributed by atoms with E-state index in [0.717, 1.165) is 39.3 Å². The maximum absolute atomic E-state index is 13.4. The summed E-state index contributed by atoms with van der Waals surface area (Å²) < 4.78 is 22.2. The van der Waals surface area contributed by atoms with Crippen LogP contribution in [0.4, 0.5) is 0 Å². The molecule has 0 radical (unpaired) electrons. The van der Waals surface area contributed by atoms with Crippen molar-refractivity contribution < 1.29 is 38.2 Å². The van der Waals surface area contributed by atoms with Gasteiger partial charge < -0.3 is 33.5 Å². The van der Waals surface area contributed by atoms with E-state index in [1.165, 1.54) is 23.0 Å². The number of methoxy groups -OCH3 is 1. The number of benzene rings is 1. The fourth-order valence-corrected chi connectivity index (χ4v) is 4.73. The largest absolute Gasteiger partial charge is 0.868 e. The first-order valence-corrected chi connectivity index (χ1v) is 12.5. The van der Waals surface area contributed by atoms with Crippen LogP contribution >= 0.6 is 0 Å². The first-order valence-electron chi connectivity index (χ1n) is 12.5. The lowest BCUT2D eigenvalue weighted by Crippen LogP contribution is -3.14. The van der Waals surface area contributed by atoms with Gasteiger partial charge in [-0.15, -0.1) is 0 Å². The Hall–Kier alpha value is -3.30. The minimum absolute atomic E-state index is 0.0446. The van der Waals surface area contributed by atoms with Crippen molar-refractivity contribution in [3.8, 4) is 11.5 Å². The molecule has 1 aromatic carbocycles. The lowest BCUT2D eigenvalue weighted by atomic mass is 9.94. The fourth-order valence-electron chi connectivity index (χ4n) is 4.73. The molecular weight excluding hydrogens is 464 g/mol. The number of aryl methyl sites for hydroxylation is 1. The van der Waals surface area contributed by atoms with Crippen molar-refractivity contribution in [1.29, 1.82) is 0 Å². The highest BCUT2D eigenvalue weighted by molar-refractivity contribution is 6.14. The van der Waals surface area contributed by atoms with Crippen molar-refractivity contribution in [2.24, 2.45) is 0 Å². The van der Waals surface area contributed by atoms with Gasteiger partial charge in [0.15, 0.2) is 17.3 Å². The number of rotatable bonds is 11. The van der Waals surface area contributed by atoms with E-state index in [4.69, 9.17) is 18.6 Å². The molecule has 3 heterocycles. The second kappa shape index (κ2) is 11.6. The third-order valence-corrected chi connectivity index (χ3v) is 6.59. The average molecular weight is 499 g/mol. The van der Waals surface area contributed by atoms with E-state index in [-0.39, 0.29) is 11.3 Å². The quantitative estimate of drug-likeness (QED) is 0.462. The Bertz CT molecular complexity index is 1120. The maximum atomic E-state index is 13.4. The van der Waals surface area contributed by atoms with Crippen LogP contribution in [0.3, 0.4) is 0 Å². The Morgan fingerprint density at radius 2 is 1.97 bits per heavy atom. The van der Waals surface area contributed by atoms with Gasteiger partial charge in [0.25, 0.3) is 0 Å². The molecule has 2 aliphatic heterocycles. The summed E-state index contributed by atoms with van der Waals surface area (Å²) in [6.07, 6.45) is 1.53. The summed E-state index contributed by atoms with van der Waals surface area (Å²) in [7, 11) is 1.53. The number of Topliss-reactive ketones (excluding diaryl/α,β-unsaturated/α-hetero) is 1. The molecule has 194 valence electrons. The summed E-state index contributed by atoms with van der Waals surface area (Å²) in [5, 5.41) is 13.2. The van der Waals surface area contributed by atoms with Gasteiger partial charge in [-0.25, -0.2) is 0 Å². The Kier molecular flexibility index (Phi) is 8.32. The number of ketones is 1. The first-order chi connectivity index (χ1) is 17.4. The Morgan fingerprint density at radius 1 is 1.19 bits per heavy atom. The maximum Gasteiger partial charge on any atom is 0.239 e. The van der Waals surface area contributed by atoms with Gasteiger partial charge >= 0.3 is 0 Å². The number of hydrogen-bond acceptors (Lipinski definition) is 7. The number of furan rings is 1. The number of nitrogens with one attached hydrogen (secondary N) is 1. The highest BCUT2D eigenvalue weighted by Gasteiger charge is 2.40. The number of carbonyl (C=O) groups is 2. The standard InChI is InChI=1S/C27H34N2O7/c1-4-14-35-20-9-7-19(17-22(20)33-3)24-23(25(30)21-8-6-18(2)36-21)26(31)27(32)29(24)11-5-10-28-12-15-34-16-13-28/h6-9,17,24,31H,4-5,10-16H2,1-3H3. The summed E-state index contributed by atoms with van der Waals surface area (Å²) in [4.78, 5) is 29.5. The van der Waals surface area contributed by atoms with Gasteiger partial charge in [0, 0.05) is 18.5 Å². The van der Waals surface area contributed by atoms with Gasteiger partial charge in [-0.3, -0.25) is 9.59 Å². The number of carbonyl (C=O) groups excluding carboxylic acids is 2. The Labute approximate surface area is 211 Å². The van der Waals surface area contributed by atoms with E-state index in [1.807, 2.05) is 6.92 Å². The lowest BCUT2D eigenvalue weighted by molar-refractivity contribution is -0.908. The first kappa shape index (κ1) is 25.8. The minimum Gasteiger partial charge on any atom is -0.868 e. The number of morpholine rings is 1. The number of ether oxygens (including phenoxy) is 3. The Morgan fingerprint density at radius 3 is 2.64 bits per heavy atom. The minimum atomic E-state index is -0.836. The van der Waals surface area contributed by atoms with Crippen LogP contribution in [0.1, 0.15) is 47.7 Å². The van der Waals surface area contributed by atoms with Gasteiger partial charge in [0.1, 0.15) is 18.8 Å². The zero-order valence-corrected chi connectivity index (χ0v) is 21.1. The summed E-state index contributed by atoms with van der Waals surface area (Å²) in [6.45, 7) is 8.74. The van der Waals surface area contributed by atoms with Crippen LogP contribution in [0, 0.1) is 6.92 Å². The second-order valence-electron chi connectivity index (χ2n) is 9.11. The molecule has 0 aliphatic carbocycles. The molecule has 1 fully saturated rings. The Balaban J connectivity index is 1.65. The van der Waals surface area contributed by atoms with Gasteiger partial charge in [-0.2, -0.15) is 0 Å². The van der Waals surface area contributed by atoms with Crippen molar-refractivity contribution in [3.63, 3.8) is 0 Å². The summed E-state index contributed by atoms with van der Waals surface area (Å²) in [6, 6.07) is 7.64. The van der Waals surface area contributed by atoms with Crippen LogP contribution in [-0.2, 0) is 9.53 Å². The van der Waals surface area contributed by atoms with Crippen molar-refractivity contribution in [2.75, 3.05) is 53.1 Å². The molecule has 9 heteroatoms. The molecule has 0 saturated carbocycles. The summed E-state index contributed by atoms with van der Waals surface area (Å²) in [5.74, 6) is -0.392. The predicted octanol–water partition coefficient (Wildman–Crippen LogP) is 1.07. The van der Waals surface area contributed by atoms with Gasteiger partial charge in [0.05, 0.1) is 39.5 Å². The second-order valence-corrected chi connectivity index (χ2v) is 9.11. The number of nitrogens with zero attached hydrogens (tertiary/aromatic N) is 1. The summed E-state index contributed by atoms with van der Waals surface area (Å²) in [5.41, 5.74) is 0.512. The molecule has 2 aliphatic rings. The van der Waals surface area contributed by atoms with E-state index in [0.29, 0.717) is 42.4 Å². The van der Waals surface area contributed by atoms with Crippen molar-refractivity contribution >= 4 is 11.7 Å². The average Bonchev–Trinajstić information content (AvgIpc) is 3.44. The number of amides is 1. The molecule has 1 atom stereocenters. The molecule has 4 rings (SSSR count). The normalized spacial score (nSPS) is 18.7. The van der Waals surface area contributed by atoms with E-state index in [9.17, 15) is 14.7 Å². The molecular formula is C27H34N2O7. The van der Waals surface area contributed by atoms with Crippen LogP contribution in [-0.4, -0.2) is 69.7 Å². The molecule has 9 nitrogen and oxygen atoms in total. The molecule has 0 bridgehead atoms. The summed E-state index contributed by atoms with van der Waals surface area (Å²) >= 11 is 0. The molecule has 1 amide bonds. The fraction of sp³-hybridized carbons (Fsp3) is 0.481. The monoisotopic (exact) mass is 498 g/mol. The molecule has 2 aromatic rings. The molecule has 36 heavy (non-hydrogen) atoms. The van der Waals surface area contributed by atoms with Crippen LogP contribution in [0.25, 0.3) is 0 Å². The van der Waals surface area contributed by atoms with Crippen molar-refractivity contribution in [2.45, 2.75) is 32.7 Å². The number of quaternary nitrogens is 1. The van der Waals surface area contributed by atoms with Crippen LogP contribution in [0.2, 0.25) is 0 Å². The smallest absolute Gasteiger partial charge is 0.239 e. The zero-order chi connectivity index (χ0) is 25.7.